The molecule has 0 fully saturated rings. The Hall–Kier alpha value is -2.86. The van der Waals surface area contributed by atoms with Crippen LogP contribution in [0.25, 0.3) is 6.08 Å². The fraction of sp³-hybridized carbons (Fsp3) is 0.185. The summed E-state index contributed by atoms with van der Waals surface area (Å²) in [7, 11) is 0. The molecule has 4 rings (SSSR count). The van der Waals surface area contributed by atoms with Crippen molar-refractivity contribution in [1.29, 1.82) is 0 Å². The van der Waals surface area contributed by atoms with E-state index in [0.717, 1.165) is 19.3 Å². The molecule has 0 unspecified atom stereocenters. The average molecular weight is 351 g/mol. The van der Waals surface area contributed by atoms with Crippen molar-refractivity contribution in [2.75, 3.05) is 0 Å². The first kappa shape index (κ1) is 17.5. The Morgan fingerprint density at radius 2 is 1.44 bits per heavy atom. The summed E-state index contributed by atoms with van der Waals surface area (Å²) in [6.45, 7) is 3.87. The Bertz CT molecular complexity index is 893. The van der Waals surface area contributed by atoms with Crippen LogP contribution in [-0.4, -0.2) is 0 Å². The summed E-state index contributed by atoms with van der Waals surface area (Å²) in [5.74, 6) is 0.268. The lowest BCUT2D eigenvalue weighted by Crippen LogP contribution is -2.06. The number of rotatable bonds is 6. The van der Waals surface area contributed by atoms with E-state index in [0.29, 0.717) is 0 Å². The molecule has 0 bridgehead atoms. The summed E-state index contributed by atoms with van der Waals surface area (Å²) in [6.07, 6.45) is 8.97. The average Bonchev–Trinajstić information content (AvgIpc) is 2.74. The minimum Gasteiger partial charge on any atom is -0.103 e. The van der Waals surface area contributed by atoms with Gasteiger partial charge in [0.05, 0.1) is 0 Å². The number of hydrogen-bond donors (Lipinski definition) is 0. The fourth-order valence-electron chi connectivity index (χ4n) is 4.10. The second-order valence-electron chi connectivity index (χ2n) is 7.34. The molecule has 0 nitrogen and oxygen atoms in total. The highest BCUT2D eigenvalue weighted by Crippen LogP contribution is 2.35. The Labute approximate surface area is 162 Å². The lowest BCUT2D eigenvalue weighted by molar-refractivity contribution is 0.841. The molecule has 0 heterocycles. The quantitative estimate of drug-likeness (QED) is 0.327. The molecule has 0 radical (unpaired) electrons. The maximum absolute atomic E-state index is 3.87. The topological polar surface area (TPSA) is 0 Å². The van der Waals surface area contributed by atoms with Gasteiger partial charge in [-0.1, -0.05) is 96.6 Å². The van der Waals surface area contributed by atoms with Crippen molar-refractivity contribution >= 4 is 6.08 Å². The lowest BCUT2D eigenvalue weighted by atomic mass is 9.82. The predicted molar refractivity (Wildman–Crippen MR) is 116 cm³/mol. The minimum absolute atomic E-state index is 0.268. The zero-order chi connectivity index (χ0) is 18.5. The SMILES string of the molecule is C=CCCC1=Cc2cc(C(c3ccccc3)c3ccccc3)ccc2CC1. The van der Waals surface area contributed by atoms with Gasteiger partial charge in [0.25, 0.3) is 0 Å². The highest BCUT2D eigenvalue weighted by atomic mass is 14.2. The van der Waals surface area contributed by atoms with Gasteiger partial charge in [0.1, 0.15) is 0 Å². The van der Waals surface area contributed by atoms with Crippen LogP contribution in [0.4, 0.5) is 0 Å². The van der Waals surface area contributed by atoms with E-state index in [1.165, 1.54) is 34.2 Å². The van der Waals surface area contributed by atoms with Crippen LogP contribution in [0.5, 0.6) is 0 Å². The molecule has 0 aromatic heterocycles. The van der Waals surface area contributed by atoms with E-state index in [2.05, 4.69) is 91.5 Å². The Kier molecular flexibility index (Phi) is 5.34. The van der Waals surface area contributed by atoms with Crippen molar-refractivity contribution in [2.45, 2.75) is 31.6 Å². The van der Waals surface area contributed by atoms with Crippen molar-refractivity contribution in [3.8, 4) is 0 Å². The molecular weight excluding hydrogens is 324 g/mol. The van der Waals surface area contributed by atoms with E-state index in [1.807, 2.05) is 6.08 Å². The molecular formula is C27H26. The zero-order valence-corrected chi connectivity index (χ0v) is 15.8. The van der Waals surface area contributed by atoms with E-state index in [9.17, 15) is 0 Å². The lowest BCUT2D eigenvalue weighted by Gasteiger charge is -2.22. The molecule has 0 spiro atoms. The number of aryl methyl sites for hydroxylation is 1. The standard InChI is InChI=1S/C27H26/c1-2-3-10-21-15-16-22-17-18-25(20-26(22)19-21)27(23-11-6-4-7-12-23)24-13-8-5-9-14-24/h2,4-9,11-14,17-20,27H,1,3,10,15-16H2. The normalized spacial score (nSPS) is 13.1. The number of hydrogen-bond acceptors (Lipinski definition) is 0. The van der Waals surface area contributed by atoms with Gasteiger partial charge < -0.3 is 0 Å². The molecule has 1 aliphatic rings. The summed E-state index contributed by atoms with van der Waals surface area (Å²) < 4.78 is 0. The monoisotopic (exact) mass is 350 g/mol. The molecule has 0 saturated heterocycles. The first-order chi connectivity index (χ1) is 13.3. The fourth-order valence-corrected chi connectivity index (χ4v) is 4.10. The third-order valence-corrected chi connectivity index (χ3v) is 5.51. The molecule has 0 amide bonds. The smallest absolute Gasteiger partial charge is 0.0340 e. The van der Waals surface area contributed by atoms with Gasteiger partial charge >= 0.3 is 0 Å². The molecule has 3 aromatic rings. The van der Waals surface area contributed by atoms with Crippen molar-refractivity contribution < 1.29 is 0 Å². The molecule has 27 heavy (non-hydrogen) atoms. The van der Waals surface area contributed by atoms with Gasteiger partial charge in [0, 0.05) is 5.92 Å². The molecule has 1 aliphatic carbocycles. The Balaban J connectivity index is 1.76. The maximum Gasteiger partial charge on any atom is 0.0340 e. The number of allylic oxidation sites excluding steroid dienone is 2. The van der Waals surface area contributed by atoms with Crippen molar-refractivity contribution in [3.05, 3.63) is 125 Å². The first-order valence-corrected chi connectivity index (χ1v) is 9.88. The second-order valence-corrected chi connectivity index (χ2v) is 7.34. The summed E-state index contributed by atoms with van der Waals surface area (Å²) in [5.41, 5.74) is 8.48. The summed E-state index contributed by atoms with van der Waals surface area (Å²) in [6, 6.07) is 28.8. The summed E-state index contributed by atoms with van der Waals surface area (Å²) in [4.78, 5) is 0. The molecule has 0 atom stereocenters. The number of fused-ring (bicyclic) bond motifs is 1. The van der Waals surface area contributed by atoms with E-state index in [1.54, 1.807) is 5.57 Å². The van der Waals surface area contributed by atoms with Crippen LogP contribution in [0.2, 0.25) is 0 Å². The summed E-state index contributed by atoms with van der Waals surface area (Å²) >= 11 is 0. The largest absolute Gasteiger partial charge is 0.103 e. The van der Waals surface area contributed by atoms with Gasteiger partial charge in [-0.2, -0.15) is 0 Å². The van der Waals surface area contributed by atoms with E-state index in [-0.39, 0.29) is 5.92 Å². The molecule has 0 heteroatoms. The minimum atomic E-state index is 0.268. The van der Waals surface area contributed by atoms with Crippen LogP contribution in [0.15, 0.2) is 97.1 Å². The Morgan fingerprint density at radius 3 is 2.07 bits per heavy atom. The maximum atomic E-state index is 3.87. The van der Waals surface area contributed by atoms with E-state index < -0.39 is 0 Å². The van der Waals surface area contributed by atoms with Crippen molar-refractivity contribution in [2.24, 2.45) is 0 Å². The van der Waals surface area contributed by atoms with Gasteiger partial charge in [0.2, 0.25) is 0 Å². The van der Waals surface area contributed by atoms with Crippen LogP contribution >= 0.6 is 0 Å². The third-order valence-electron chi connectivity index (χ3n) is 5.51. The highest BCUT2D eigenvalue weighted by Gasteiger charge is 2.18. The van der Waals surface area contributed by atoms with Crippen LogP contribution in [0, 0.1) is 0 Å². The van der Waals surface area contributed by atoms with Crippen LogP contribution in [-0.2, 0) is 6.42 Å². The van der Waals surface area contributed by atoms with Crippen molar-refractivity contribution in [3.63, 3.8) is 0 Å². The second kappa shape index (κ2) is 8.22. The van der Waals surface area contributed by atoms with Gasteiger partial charge in [-0.15, -0.1) is 6.58 Å². The van der Waals surface area contributed by atoms with Crippen LogP contribution < -0.4 is 0 Å². The van der Waals surface area contributed by atoms with Gasteiger partial charge in [-0.3, -0.25) is 0 Å². The van der Waals surface area contributed by atoms with E-state index >= 15 is 0 Å². The molecule has 3 aromatic carbocycles. The number of benzene rings is 3. The van der Waals surface area contributed by atoms with Crippen molar-refractivity contribution in [1.82, 2.24) is 0 Å². The third kappa shape index (κ3) is 3.95. The Morgan fingerprint density at radius 1 is 0.778 bits per heavy atom. The predicted octanol–water partition coefficient (Wildman–Crippen LogP) is 7.16. The molecule has 0 saturated carbocycles. The van der Waals surface area contributed by atoms with E-state index in [4.69, 9.17) is 0 Å². The molecule has 0 N–H and O–H groups in total. The first-order valence-electron chi connectivity index (χ1n) is 9.88. The zero-order valence-electron chi connectivity index (χ0n) is 15.8. The van der Waals surface area contributed by atoms with Crippen LogP contribution in [0.1, 0.15) is 53.0 Å². The van der Waals surface area contributed by atoms with Gasteiger partial charge in [-0.25, -0.2) is 0 Å². The highest BCUT2D eigenvalue weighted by molar-refractivity contribution is 5.62. The van der Waals surface area contributed by atoms with Crippen LogP contribution in [0.3, 0.4) is 0 Å². The molecule has 134 valence electrons. The van der Waals surface area contributed by atoms with Gasteiger partial charge in [0.15, 0.2) is 0 Å². The molecule has 0 aliphatic heterocycles. The van der Waals surface area contributed by atoms with Gasteiger partial charge in [-0.05, 0) is 53.5 Å². The summed E-state index contributed by atoms with van der Waals surface area (Å²) in [5, 5.41) is 0.